The molecule has 6 nitrogen and oxygen atoms in total. The molecule has 0 radical (unpaired) electrons. The van der Waals surface area contributed by atoms with Crippen molar-refractivity contribution in [1.29, 1.82) is 15.8 Å². The molecule has 2 rings (SSSR count). The fourth-order valence-electron chi connectivity index (χ4n) is 2.32. The van der Waals surface area contributed by atoms with Crippen LogP contribution in [0, 0.1) is 40.9 Å². The van der Waals surface area contributed by atoms with Crippen LogP contribution in [0.1, 0.15) is 5.56 Å². The van der Waals surface area contributed by atoms with Gasteiger partial charge < -0.3 is 15.0 Å². The zero-order valence-electron chi connectivity index (χ0n) is 12.3. The second kappa shape index (κ2) is 7.13. The van der Waals surface area contributed by atoms with E-state index in [-0.39, 0.29) is 11.3 Å². The molecule has 0 bridgehead atoms. The predicted octanol–water partition coefficient (Wildman–Crippen LogP) is 2.07. The number of benzene rings is 1. The Labute approximate surface area is 129 Å². The van der Waals surface area contributed by atoms with Gasteiger partial charge in [0.2, 0.25) is 0 Å². The topological polar surface area (TPSA) is 95.9 Å². The molecule has 0 aliphatic carbocycles. The lowest BCUT2D eigenvalue weighted by Gasteiger charge is -2.30. The number of hydrogen-bond acceptors (Lipinski definition) is 6. The summed E-state index contributed by atoms with van der Waals surface area (Å²) in [5.41, 5.74) is 2.59. The highest BCUT2D eigenvalue weighted by Crippen LogP contribution is 2.25. The second-order valence-electron chi connectivity index (χ2n) is 4.81. The third-order valence-electron chi connectivity index (χ3n) is 3.40. The van der Waals surface area contributed by atoms with Crippen molar-refractivity contribution < 1.29 is 4.74 Å². The van der Waals surface area contributed by atoms with E-state index in [1.165, 1.54) is 0 Å². The van der Waals surface area contributed by atoms with E-state index in [2.05, 4.69) is 10.2 Å². The smallest absolute Gasteiger partial charge is 0.163 e. The summed E-state index contributed by atoms with van der Waals surface area (Å²) >= 11 is 0. The number of ether oxygens (including phenoxy) is 1. The molecule has 6 heteroatoms. The molecule has 22 heavy (non-hydrogen) atoms. The Hall–Kier alpha value is -3.01. The molecule has 1 aliphatic heterocycles. The predicted molar refractivity (Wildman–Crippen MR) is 81.7 cm³/mol. The molecule has 0 amide bonds. The molecule has 1 aromatic rings. The lowest BCUT2D eigenvalue weighted by molar-refractivity contribution is 0.122. The molecule has 1 saturated heterocycles. The Morgan fingerprint density at radius 3 is 2.36 bits per heavy atom. The van der Waals surface area contributed by atoms with E-state index in [0.717, 1.165) is 24.3 Å². The zero-order valence-corrected chi connectivity index (χ0v) is 12.3. The number of aryl methyl sites for hydroxylation is 1. The Morgan fingerprint density at radius 1 is 1.14 bits per heavy atom. The number of nitriles is 3. The summed E-state index contributed by atoms with van der Waals surface area (Å²) in [6, 6.07) is 11.0. The SMILES string of the molecule is Cc1cc(NC(C#N)=C(C#N)C#N)ccc1N1CCOCC1. The maximum atomic E-state index is 9.05. The molecule has 0 unspecified atom stereocenters. The molecule has 0 saturated carbocycles. The minimum Gasteiger partial charge on any atom is -0.378 e. The summed E-state index contributed by atoms with van der Waals surface area (Å²) in [6.45, 7) is 5.12. The maximum Gasteiger partial charge on any atom is 0.163 e. The van der Waals surface area contributed by atoms with Crippen LogP contribution in [-0.2, 0) is 4.74 Å². The van der Waals surface area contributed by atoms with Crippen LogP contribution in [0.25, 0.3) is 0 Å². The van der Waals surface area contributed by atoms with Crippen LogP contribution in [0.3, 0.4) is 0 Å². The van der Waals surface area contributed by atoms with E-state index in [4.69, 9.17) is 20.5 Å². The first-order valence-corrected chi connectivity index (χ1v) is 6.84. The van der Waals surface area contributed by atoms with Gasteiger partial charge in [0.15, 0.2) is 5.57 Å². The second-order valence-corrected chi connectivity index (χ2v) is 4.81. The van der Waals surface area contributed by atoms with E-state index in [0.29, 0.717) is 18.9 Å². The quantitative estimate of drug-likeness (QED) is 0.857. The van der Waals surface area contributed by atoms with Crippen LogP contribution in [0.15, 0.2) is 29.5 Å². The molecule has 0 spiro atoms. The highest BCUT2D eigenvalue weighted by atomic mass is 16.5. The highest BCUT2D eigenvalue weighted by Gasteiger charge is 2.14. The van der Waals surface area contributed by atoms with Crippen LogP contribution in [0.5, 0.6) is 0 Å². The summed E-state index contributed by atoms with van der Waals surface area (Å²) in [5, 5.41) is 29.6. The number of hydrogen-bond donors (Lipinski definition) is 1. The van der Waals surface area contributed by atoms with Crippen molar-refractivity contribution in [3.8, 4) is 18.2 Å². The van der Waals surface area contributed by atoms with E-state index >= 15 is 0 Å². The third kappa shape index (κ3) is 3.35. The monoisotopic (exact) mass is 293 g/mol. The molecule has 110 valence electrons. The molecule has 1 N–H and O–H groups in total. The molecule has 1 fully saturated rings. The van der Waals surface area contributed by atoms with Crippen molar-refractivity contribution in [3.63, 3.8) is 0 Å². The zero-order chi connectivity index (χ0) is 15.9. The number of rotatable bonds is 3. The first-order valence-electron chi connectivity index (χ1n) is 6.84. The number of morpholine rings is 1. The summed E-state index contributed by atoms with van der Waals surface area (Å²) in [5.74, 6) is 0. The molecule has 0 atom stereocenters. The van der Waals surface area contributed by atoms with Gasteiger partial charge in [-0.05, 0) is 30.7 Å². The lowest BCUT2D eigenvalue weighted by Crippen LogP contribution is -2.36. The molecule has 1 heterocycles. The average Bonchev–Trinajstić information content (AvgIpc) is 2.56. The van der Waals surface area contributed by atoms with E-state index in [9.17, 15) is 0 Å². The van der Waals surface area contributed by atoms with Gasteiger partial charge in [0.25, 0.3) is 0 Å². The molecule has 1 aliphatic rings. The van der Waals surface area contributed by atoms with Crippen molar-refractivity contribution in [1.82, 2.24) is 0 Å². The van der Waals surface area contributed by atoms with Gasteiger partial charge in [0.1, 0.15) is 23.9 Å². The molecule has 1 aromatic carbocycles. The standard InChI is InChI=1S/C16H15N5O/c1-12-8-14(20-15(11-19)13(9-17)10-18)2-3-16(12)21-4-6-22-7-5-21/h2-3,8,20H,4-7H2,1H3. The first kappa shape index (κ1) is 15.4. The van der Waals surface area contributed by atoms with Gasteiger partial charge in [-0.3, -0.25) is 0 Å². The number of allylic oxidation sites excluding steroid dienone is 2. The van der Waals surface area contributed by atoms with Crippen molar-refractivity contribution in [2.24, 2.45) is 0 Å². The van der Waals surface area contributed by atoms with Gasteiger partial charge in [-0.25, -0.2) is 0 Å². The van der Waals surface area contributed by atoms with Crippen molar-refractivity contribution in [2.45, 2.75) is 6.92 Å². The van der Waals surface area contributed by atoms with Crippen LogP contribution >= 0.6 is 0 Å². The summed E-state index contributed by atoms with van der Waals surface area (Å²) in [6.07, 6.45) is 0. The Morgan fingerprint density at radius 2 is 1.82 bits per heavy atom. The number of nitrogens with one attached hydrogen (secondary N) is 1. The van der Waals surface area contributed by atoms with Gasteiger partial charge in [-0.2, -0.15) is 15.8 Å². The van der Waals surface area contributed by atoms with Crippen LogP contribution < -0.4 is 10.2 Å². The van der Waals surface area contributed by atoms with Crippen molar-refractivity contribution in [3.05, 3.63) is 35.0 Å². The van der Waals surface area contributed by atoms with Crippen molar-refractivity contribution in [2.75, 3.05) is 36.5 Å². The Bertz CT molecular complexity index is 696. The minimum atomic E-state index is -0.225. The fraction of sp³-hybridized carbons (Fsp3) is 0.312. The van der Waals surface area contributed by atoms with E-state index < -0.39 is 0 Å². The minimum absolute atomic E-state index is 0.0384. The van der Waals surface area contributed by atoms with Gasteiger partial charge >= 0.3 is 0 Å². The number of nitrogens with zero attached hydrogens (tertiary/aromatic N) is 4. The van der Waals surface area contributed by atoms with Crippen LogP contribution in [-0.4, -0.2) is 26.3 Å². The Kier molecular flexibility index (Phi) is 4.98. The van der Waals surface area contributed by atoms with Crippen molar-refractivity contribution >= 4 is 11.4 Å². The van der Waals surface area contributed by atoms with Gasteiger partial charge in [-0.1, -0.05) is 0 Å². The summed E-state index contributed by atoms with van der Waals surface area (Å²) < 4.78 is 5.35. The molecule has 0 aromatic heterocycles. The molecular formula is C16H15N5O. The first-order chi connectivity index (χ1) is 10.7. The lowest BCUT2D eigenvalue weighted by atomic mass is 10.1. The normalized spacial score (nSPS) is 13.5. The summed E-state index contributed by atoms with van der Waals surface area (Å²) in [7, 11) is 0. The third-order valence-corrected chi connectivity index (χ3v) is 3.40. The van der Waals surface area contributed by atoms with E-state index in [1.54, 1.807) is 12.1 Å². The van der Waals surface area contributed by atoms with Crippen LogP contribution in [0.2, 0.25) is 0 Å². The summed E-state index contributed by atoms with van der Waals surface area (Å²) in [4.78, 5) is 2.25. The van der Waals surface area contributed by atoms with Gasteiger partial charge in [-0.15, -0.1) is 0 Å². The van der Waals surface area contributed by atoms with Gasteiger partial charge in [0.05, 0.1) is 13.2 Å². The molecular weight excluding hydrogens is 278 g/mol. The van der Waals surface area contributed by atoms with Crippen LogP contribution in [0.4, 0.5) is 11.4 Å². The maximum absolute atomic E-state index is 9.05. The van der Waals surface area contributed by atoms with Gasteiger partial charge in [0, 0.05) is 24.5 Å². The average molecular weight is 293 g/mol. The largest absolute Gasteiger partial charge is 0.378 e. The Balaban J connectivity index is 2.23. The number of anilines is 2. The fourth-order valence-corrected chi connectivity index (χ4v) is 2.32. The van der Waals surface area contributed by atoms with E-state index in [1.807, 2.05) is 31.2 Å². The highest BCUT2D eigenvalue weighted by molar-refractivity contribution is 5.64.